The lowest BCUT2D eigenvalue weighted by Crippen LogP contribution is -2.38. The van der Waals surface area contributed by atoms with Crippen molar-refractivity contribution in [3.63, 3.8) is 0 Å². The maximum Gasteiger partial charge on any atom is 0.255 e. The molecule has 1 amide bonds. The van der Waals surface area contributed by atoms with Gasteiger partial charge in [0, 0.05) is 24.0 Å². The molecule has 5 nitrogen and oxygen atoms in total. The monoisotopic (exact) mass is 460 g/mol. The number of benzene rings is 2. The molecule has 7 heteroatoms. The summed E-state index contributed by atoms with van der Waals surface area (Å²) in [6.07, 6.45) is 5.37. The molecule has 1 saturated heterocycles. The molecule has 0 bridgehead atoms. The van der Waals surface area contributed by atoms with Crippen molar-refractivity contribution >= 4 is 27.7 Å². The van der Waals surface area contributed by atoms with Crippen molar-refractivity contribution in [3.05, 3.63) is 59.7 Å². The number of carbonyl (C=O) groups excluding carboxylic acids is 1. The highest BCUT2D eigenvalue weighted by Crippen LogP contribution is 2.27. The van der Waals surface area contributed by atoms with Crippen LogP contribution in [-0.2, 0) is 16.4 Å². The predicted octanol–water partition coefficient (Wildman–Crippen LogP) is 4.58. The number of rotatable bonds is 8. The van der Waals surface area contributed by atoms with Crippen LogP contribution in [0.15, 0.2) is 58.3 Å². The van der Waals surface area contributed by atoms with Gasteiger partial charge in [0.05, 0.1) is 10.5 Å². The van der Waals surface area contributed by atoms with Gasteiger partial charge in [-0.3, -0.25) is 4.79 Å². The first-order chi connectivity index (χ1) is 14.8. The van der Waals surface area contributed by atoms with Crippen molar-refractivity contribution in [2.75, 3.05) is 19.3 Å². The van der Waals surface area contributed by atoms with Gasteiger partial charge in [0.15, 0.2) is 0 Å². The number of aryl methyl sites for hydroxylation is 1. The lowest BCUT2D eigenvalue weighted by atomic mass is 9.98. The maximum absolute atomic E-state index is 13.1. The van der Waals surface area contributed by atoms with E-state index >= 15 is 0 Å². The van der Waals surface area contributed by atoms with E-state index in [1.165, 1.54) is 17.3 Å². The second-order valence-electron chi connectivity index (χ2n) is 8.38. The predicted molar refractivity (Wildman–Crippen MR) is 127 cm³/mol. The Morgan fingerprint density at radius 3 is 2.48 bits per heavy atom. The Labute approximate surface area is 190 Å². The van der Waals surface area contributed by atoms with Crippen molar-refractivity contribution in [2.24, 2.45) is 5.92 Å². The van der Waals surface area contributed by atoms with Crippen LogP contribution in [0.5, 0.6) is 0 Å². The molecule has 0 aliphatic carbocycles. The van der Waals surface area contributed by atoms with Crippen LogP contribution in [0.2, 0.25) is 0 Å². The molecule has 0 spiro atoms. The van der Waals surface area contributed by atoms with Crippen LogP contribution in [0.3, 0.4) is 0 Å². The SMILES string of the molecule is CSc1ccc(S(=O)(=O)N[C@H](C)CCc2ccccc2)cc1C(=O)N1CCC(C)CC1. The zero-order chi connectivity index (χ0) is 22.4. The molecule has 2 aromatic rings. The van der Waals surface area contributed by atoms with Crippen molar-refractivity contribution < 1.29 is 13.2 Å². The van der Waals surface area contributed by atoms with Crippen LogP contribution in [-0.4, -0.2) is 44.6 Å². The number of hydrogen-bond acceptors (Lipinski definition) is 4. The van der Waals surface area contributed by atoms with Gasteiger partial charge in [-0.05, 0) is 68.5 Å². The summed E-state index contributed by atoms with van der Waals surface area (Å²) in [5, 5.41) is 0. The third-order valence-electron chi connectivity index (χ3n) is 5.85. The second kappa shape index (κ2) is 10.7. The average molecular weight is 461 g/mol. The van der Waals surface area contributed by atoms with E-state index in [-0.39, 0.29) is 16.8 Å². The number of hydrogen-bond donors (Lipinski definition) is 1. The van der Waals surface area contributed by atoms with E-state index in [4.69, 9.17) is 0 Å². The Morgan fingerprint density at radius 2 is 1.84 bits per heavy atom. The largest absolute Gasteiger partial charge is 0.339 e. The molecule has 3 rings (SSSR count). The molecular weight excluding hydrogens is 428 g/mol. The summed E-state index contributed by atoms with van der Waals surface area (Å²) in [7, 11) is -3.71. The highest BCUT2D eigenvalue weighted by molar-refractivity contribution is 7.98. The first kappa shape index (κ1) is 23.8. The van der Waals surface area contributed by atoms with Gasteiger partial charge in [-0.2, -0.15) is 0 Å². The Hall–Kier alpha value is -1.83. The fourth-order valence-electron chi connectivity index (χ4n) is 3.82. The lowest BCUT2D eigenvalue weighted by Gasteiger charge is -2.31. The quantitative estimate of drug-likeness (QED) is 0.586. The number of amides is 1. The summed E-state index contributed by atoms with van der Waals surface area (Å²) in [4.78, 5) is 15.9. The smallest absolute Gasteiger partial charge is 0.255 e. The minimum absolute atomic E-state index is 0.0783. The second-order valence-corrected chi connectivity index (χ2v) is 10.9. The van der Waals surface area contributed by atoms with E-state index in [0.717, 1.165) is 37.2 Å². The third-order valence-corrected chi connectivity index (χ3v) is 8.23. The van der Waals surface area contributed by atoms with E-state index in [1.807, 2.05) is 48.4 Å². The van der Waals surface area contributed by atoms with Gasteiger partial charge in [-0.15, -0.1) is 11.8 Å². The van der Waals surface area contributed by atoms with Crippen LogP contribution in [0.4, 0.5) is 0 Å². The normalized spacial score (nSPS) is 16.3. The van der Waals surface area contributed by atoms with E-state index < -0.39 is 10.0 Å². The molecule has 1 aliphatic rings. The van der Waals surface area contributed by atoms with E-state index in [9.17, 15) is 13.2 Å². The van der Waals surface area contributed by atoms with Gasteiger partial charge in [0.2, 0.25) is 10.0 Å². The number of nitrogens with one attached hydrogen (secondary N) is 1. The van der Waals surface area contributed by atoms with Gasteiger partial charge in [-0.1, -0.05) is 37.3 Å². The number of sulfonamides is 1. The minimum atomic E-state index is -3.71. The molecular formula is C24H32N2O3S2. The molecule has 0 radical (unpaired) electrons. The number of thioether (sulfide) groups is 1. The molecule has 1 N–H and O–H groups in total. The molecule has 0 aromatic heterocycles. The summed E-state index contributed by atoms with van der Waals surface area (Å²) in [6.45, 7) is 5.52. The van der Waals surface area contributed by atoms with E-state index in [0.29, 0.717) is 17.9 Å². The summed E-state index contributed by atoms with van der Waals surface area (Å²) >= 11 is 1.46. The molecule has 2 aromatic carbocycles. The van der Waals surface area contributed by atoms with Crippen LogP contribution >= 0.6 is 11.8 Å². The summed E-state index contributed by atoms with van der Waals surface area (Å²) in [5.74, 6) is 0.544. The van der Waals surface area contributed by atoms with Gasteiger partial charge in [0.25, 0.3) is 5.91 Å². The molecule has 0 saturated carbocycles. The van der Waals surface area contributed by atoms with Gasteiger partial charge in [0.1, 0.15) is 0 Å². The van der Waals surface area contributed by atoms with Gasteiger partial charge in [-0.25, -0.2) is 13.1 Å². The van der Waals surface area contributed by atoms with Crippen LogP contribution in [0.25, 0.3) is 0 Å². The van der Waals surface area contributed by atoms with Crippen molar-refractivity contribution in [1.82, 2.24) is 9.62 Å². The highest BCUT2D eigenvalue weighted by atomic mass is 32.2. The maximum atomic E-state index is 13.1. The Bertz CT molecular complexity index is 985. The zero-order valence-electron chi connectivity index (χ0n) is 18.5. The number of piperidine rings is 1. The highest BCUT2D eigenvalue weighted by Gasteiger charge is 2.26. The molecule has 1 aliphatic heterocycles. The molecule has 1 fully saturated rings. The number of likely N-dealkylation sites (tertiary alicyclic amines) is 1. The topological polar surface area (TPSA) is 66.5 Å². The molecule has 31 heavy (non-hydrogen) atoms. The number of carbonyl (C=O) groups is 1. The van der Waals surface area contributed by atoms with Gasteiger partial charge >= 0.3 is 0 Å². The lowest BCUT2D eigenvalue weighted by molar-refractivity contribution is 0.0693. The van der Waals surface area contributed by atoms with Crippen molar-refractivity contribution in [2.45, 2.75) is 55.4 Å². The van der Waals surface area contributed by atoms with Crippen LogP contribution < -0.4 is 4.72 Å². The summed E-state index contributed by atoms with van der Waals surface area (Å²) in [5.41, 5.74) is 1.66. The fraction of sp³-hybridized carbons (Fsp3) is 0.458. The standard InChI is InChI=1S/C24H32N2O3S2/c1-18-13-15-26(16-14-18)24(27)22-17-21(11-12-23(22)30-3)31(28,29)25-19(2)9-10-20-7-5-4-6-8-20/h4-8,11-12,17-19,25H,9-10,13-16H2,1-3H3/t19-/m1/s1. The Kier molecular flexibility index (Phi) is 8.19. The minimum Gasteiger partial charge on any atom is -0.339 e. The summed E-state index contributed by atoms with van der Waals surface area (Å²) < 4.78 is 28.8. The zero-order valence-corrected chi connectivity index (χ0v) is 20.1. The first-order valence-corrected chi connectivity index (χ1v) is 13.5. The number of nitrogens with zero attached hydrogens (tertiary/aromatic N) is 1. The fourth-order valence-corrected chi connectivity index (χ4v) is 5.70. The molecule has 1 atom stereocenters. The van der Waals surface area contributed by atoms with Gasteiger partial charge < -0.3 is 4.90 Å². The average Bonchev–Trinajstić information content (AvgIpc) is 2.77. The summed E-state index contributed by atoms with van der Waals surface area (Å²) in [6, 6.07) is 14.7. The van der Waals surface area contributed by atoms with E-state index in [2.05, 4.69) is 11.6 Å². The molecule has 168 valence electrons. The van der Waals surface area contributed by atoms with Crippen LogP contribution in [0, 0.1) is 5.92 Å². The van der Waals surface area contributed by atoms with Crippen molar-refractivity contribution in [3.8, 4) is 0 Å². The third kappa shape index (κ3) is 6.34. The van der Waals surface area contributed by atoms with Crippen molar-refractivity contribution in [1.29, 1.82) is 0 Å². The molecule has 1 heterocycles. The Morgan fingerprint density at radius 1 is 1.16 bits per heavy atom. The molecule has 0 unspecified atom stereocenters. The first-order valence-electron chi connectivity index (χ1n) is 10.8. The Balaban J connectivity index is 1.73. The van der Waals surface area contributed by atoms with Crippen LogP contribution in [0.1, 0.15) is 49.0 Å². The van der Waals surface area contributed by atoms with E-state index in [1.54, 1.807) is 18.2 Å².